The number of aliphatic imine (C=N–C) groups is 1. The number of nitrogens with zero attached hydrogens (tertiary/aromatic N) is 2. The Morgan fingerprint density at radius 2 is 2.03 bits per heavy atom. The lowest BCUT2D eigenvalue weighted by molar-refractivity contribution is 0.100. The zero-order valence-corrected chi connectivity index (χ0v) is 21.4. The van der Waals surface area contributed by atoms with Crippen molar-refractivity contribution < 1.29 is 9.53 Å². The van der Waals surface area contributed by atoms with Crippen LogP contribution in [0.1, 0.15) is 38.8 Å². The molecule has 1 amide bonds. The molecule has 1 unspecified atom stereocenters. The molecule has 0 bridgehead atoms. The highest BCUT2D eigenvalue weighted by Crippen LogP contribution is 2.42. The Balaban J connectivity index is 1.58. The van der Waals surface area contributed by atoms with Gasteiger partial charge < -0.3 is 21.5 Å². The molecule has 32 heavy (non-hydrogen) atoms. The highest BCUT2D eigenvalue weighted by Gasteiger charge is 2.27. The molecule has 5 N–H and O–H groups in total. The first-order chi connectivity index (χ1) is 15.3. The molecule has 0 radical (unpaired) electrons. The molecule has 1 heterocycles. The van der Waals surface area contributed by atoms with E-state index in [4.69, 9.17) is 16.2 Å². The summed E-state index contributed by atoms with van der Waals surface area (Å²) in [5.41, 5.74) is 17.0. The SMILES string of the molecule is COc1ccc(-c2nsc(C)c2C(=O)/N=C(\N)NC2CCc3c2cc(Br)c(N)c3Br)cc1. The number of guanidine groups is 1. The number of benzene rings is 2. The van der Waals surface area contributed by atoms with Crippen molar-refractivity contribution in [1.82, 2.24) is 9.69 Å². The summed E-state index contributed by atoms with van der Waals surface area (Å²) in [4.78, 5) is 18.0. The zero-order chi connectivity index (χ0) is 23.0. The van der Waals surface area contributed by atoms with Crippen LogP contribution in [-0.2, 0) is 6.42 Å². The molecule has 0 spiro atoms. The number of anilines is 1. The first kappa shape index (κ1) is 22.8. The number of nitrogen functional groups attached to an aromatic ring is 1. The molecule has 0 aliphatic heterocycles. The van der Waals surface area contributed by atoms with Crippen LogP contribution in [0.4, 0.5) is 5.69 Å². The summed E-state index contributed by atoms with van der Waals surface area (Å²) in [7, 11) is 1.61. The lowest BCUT2D eigenvalue weighted by Crippen LogP contribution is -2.35. The molecule has 1 aliphatic carbocycles. The third-order valence-corrected chi connectivity index (χ3v) is 7.75. The smallest absolute Gasteiger partial charge is 0.283 e. The molecule has 1 aliphatic rings. The predicted octanol–water partition coefficient (Wildman–Crippen LogP) is 4.97. The Morgan fingerprint density at radius 3 is 2.72 bits per heavy atom. The minimum Gasteiger partial charge on any atom is -0.497 e. The first-order valence-electron chi connectivity index (χ1n) is 9.82. The zero-order valence-electron chi connectivity index (χ0n) is 17.4. The van der Waals surface area contributed by atoms with Gasteiger partial charge in [-0.1, -0.05) is 0 Å². The van der Waals surface area contributed by atoms with Crippen LogP contribution in [0.5, 0.6) is 5.75 Å². The van der Waals surface area contributed by atoms with Crippen LogP contribution in [0.3, 0.4) is 0 Å². The molecule has 1 atom stereocenters. The monoisotopic (exact) mass is 577 g/mol. The predicted molar refractivity (Wildman–Crippen MR) is 135 cm³/mol. The van der Waals surface area contributed by atoms with Crippen molar-refractivity contribution in [2.24, 2.45) is 10.7 Å². The molecule has 1 aromatic heterocycles. The Bertz CT molecular complexity index is 1220. The molecular weight excluding hydrogens is 558 g/mol. The lowest BCUT2D eigenvalue weighted by atomic mass is 10.1. The fraction of sp³-hybridized carbons (Fsp3) is 0.227. The molecule has 10 heteroatoms. The number of aryl methyl sites for hydroxylation is 1. The van der Waals surface area contributed by atoms with Crippen molar-refractivity contribution >= 4 is 60.9 Å². The van der Waals surface area contributed by atoms with Crippen molar-refractivity contribution in [2.75, 3.05) is 12.8 Å². The van der Waals surface area contributed by atoms with Gasteiger partial charge in [0.05, 0.1) is 30.1 Å². The van der Waals surface area contributed by atoms with E-state index < -0.39 is 5.91 Å². The Hall–Kier alpha value is -2.43. The number of nitrogens with one attached hydrogen (secondary N) is 1. The molecular formula is C22H21Br2N5O2S. The fourth-order valence-corrected chi connectivity index (χ4v) is 5.85. The average molecular weight is 579 g/mol. The summed E-state index contributed by atoms with van der Waals surface area (Å²) >= 11 is 8.34. The number of halogens is 2. The first-order valence-corrected chi connectivity index (χ1v) is 12.2. The van der Waals surface area contributed by atoms with Crippen LogP contribution in [0.25, 0.3) is 11.3 Å². The minimum absolute atomic E-state index is 0.0579. The van der Waals surface area contributed by atoms with Gasteiger partial charge >= 0.3 is 0 Å². The minimum atomic E-state index is -0.426. The van der Waals surface area contributed by atoms with Crippen molar-refractivity contribution in [1.29, 1.82) is 0 Å². The van der Waals surface area contributed by atoms with Crippen LogP contribution in [-0.4, -0.2) is 23.4 Å². The summed E-state index contributed by atoms with van der Waals surface area (Å²) in [6, 6.07) is 9.33. The van der Waals surface area contributed by atoms with Gasteiger partial charge in [0, 0.05) is 19.4 Å². The van der Waals surface area contributed by atoms with E-state index in [1.165, 1.54) is 11.5 Å². The van der Waals surface area contributed by atoms with Crippen molar-refractivity contribution in [2.45, 2.75) is 25.8 Å². The van der Waals surface area contributed by atoms with E-state index in [1.54, 1.807) is 7.11 Å². The number of aromatic nitrogens is 1. The van der Waals surface area contributed by atoms with Gasteiger partial charge in [0.1, 0.15) is 5.75 Å². The van der Waals surface area contributed by atoms with E-state index in [-0.39, 0.29) is 12.0 Å². The summed E-state index contributed by atoms with van der Waals surface area (Å²) in [5, 5.41) is 3.19. The van der Waals surface area contributed by atoms with Gasteiger partial charge in [-0.05, 0) is 105 Å². The summed E-state index contributed by atoms with van der Waals surface area (Å²) in [6.45, 7) is 1.85. The van der Waals surface area contributed by atoms with Crippen LogP contribution in [0, 0.1) is 6.92 Å². The quantitative estimate of drug-likeness (QED) is 0.229. The average Bonchev–Trinajstić information content (AvgIpc) is 3.35. The van der Waals surface area contributed by atoms with E-state index >= 15 is 0 Å². The second-order valence-corrected chi connectivity index (χ2v) is 10.0. The third-order valence-electron chi connectivity index (χ3n) is 5.43. The highest BCUT2D eigenvalue weighted by atomic mass is 79.9. The second kappa shape index (κ2) is 9.21. The highest BCUT2D eigenvalue weighted by molar-refractivity contribution is 9.11. The van der Waals surface area contributed by atoms with Crippen LogP contribution in [0.15, 0.2) is 44.3 Å². The maximum absolute atomic E-state index is 13.0. The number of fused-ring (bicyclic) bond motifs is 1. The van der Waals surface area contributed by atoms with Gasteiger partial charge in [0.25, 0.3) is 5.91 Å². The van der Waals surface area contributed by atoms with E-state index in [0.29, 0.717) is 16.9 Å². The molecule has 0 saturated heterocycles. The Morgan fingerprint density at radius 1 is 1.31 bits per heavy atom. The van der Waals surface area contributed by atoms with E-state index in [9.17, 15) is 4.79 Å². The number of amides is 1. The maximum atomic E-state index is 13.0. The van der Waals surface area contributed by atoms with Gasteiger partial charge in [0.2, 0.25) is 0 Å². The van der Waals surface area contributed by atoms with Gasteiger partial charge in [-0.25, -0.2) is 0 Å². The molecule has 4 rings (SSSR count). The topological polar surface area (TPSA) is 116 Å². The fourth-order valence-electron chi connectivity index (χ4n) is 3.80. The number of rotatable bonds is 4. The van der Waals surface area contributed by atoms with Gasteiger partial charge in [-0.15, -0.1) is 0 Å². The van der Waals surface area contributed by atoms with Crippen LogP contribution < -0.4 is 21.5 Å². The summed E-state index contributed by atoms with van der Waals surface area (Å²) in [6.07, 6.45) is 1.67. The molecule has 0 fully saturated rings. The van der Waals surface area contributed by atoms with Crippen LogP contribution in [0.2, 0.25) is 0 Å². The van der Waals surface area contributed by atoms with E-state index in [1.807, 2.05) is 37.3 Å². The molecule has 0 saturated carbocycles. The van der Waals surface area contributed by atoms with Crippen molar-refractivity contribution in [3.8, 4) is 17.0 Å². The third kappa shape index (κ3) is 4.26. The molecule has 7 nitrogen and oxygen atoms in total. The number of nitrogens with two attached hydrogens (primary N) is 2. The van der Waals surface area contributed by atoms with Crippen LogP contribution >= 0.6 is 43.4 Å². The van der Waals surface area contributed by atoms with Gasteiger partial charge in [0.15, 0.2) is 5.96 Å². The Labute approximate surface area is 206 Å². The normalized spacial score (nSPS) is 15.5. The summed E-state index contributed by atoms with van der Waals surface area (Å²) in [5.74, 6) is 0.380. The summed E-state index contributed by atoms with van der Waals surface area (Å²) < 4.78 is 11.4. The molecule has 166 valence electrons. The standard InChI is InChI=1S/C22H21Br2N5O2S/c1-10-17(20(29-32-10)11-3-5-12(31-2)6-4-11)21(30)28-22(26)27-16-8-7-13-14(16)9-15(23)19(25)18(13)24/h3-6,9,16H,7-8,25H2,1-2H3,(H3,26,27,28,30). The number of ether oxygens (including phenoxy) is 1. The van der Waals surface area contributed by atoms with Crippen molar-refractivity contribution in [3.63, 3.8) is 0 Å². The van der Waals surface area contributed by atoms with E-state index in [0.717, 1.165) is 49.1 Å². The number of hydrogen-bond donors (Lipinski definition) is 3. The number of carbonyl (C=O) groups is 1. The van der Waals surface area contributed by atoms with E-state index in [2.05, 4.69) is 46.5 Å². The molecule has 3 aromatic rings. The van der Waals surface area contributed by atoms with Crippen molar-refractivity contribution in [3.05, 3.63) is 60.8 Å². The number of methoxy groups -OCH3 is 1. The number of carbonyl (C=O) groups excluding carboxylic acids is 1. The largest absolute Gasteiger partial charge is 0.497 e. The maximum Gasteiger partial charge on any atom is 0.283 e. The lowest BCUT2D eigenvalue weighted by Gasteiger charge is -2.16. The molecule has 2 aromatic carbocycles. The Kier molecular flexibility index (Phi) is 6.55. The number of hydrogen-bond acceptors (Lipinski definition) is 5. The second-order valence-electron chi connectivity index (χ2n) is 7.38. The van der Waals surface area contributed by atoms with Gasteiger partial charge in [-0.2, -0.15) is 9.37 Å². The van der Waals surface area contributed by atoms with Gasteiger partial charge in [-0.3, -0.25) is 4.79 Å².